The molecule has 4 aromatic rings. The zero-order valence-corrected chi connectivity index (χ0v) is 28.5. The molecule has 0 amide bonds. The van der Waals surface area contributed by atoms with Crippen molar-refractivity contribution in [3.8, 4) is 17.1 Å². The summed E-state index contributed by atoms with van der Waals surface area (Å²) in [4.78, 5) is 33.3. The van der Waals surface area contributed by atoms with Crippen LogP contribution in [0.3, 0.4) is 0 Å². The van der Waals surface area contributed by atoms with Crippen molar-refractivity contribution in [1.29, 1.82) is 0 Å². The van der Waals surface area contributed by atoms with E-state index in [1.807, 2.05) is 30.6 Å². The summed E-state index contributed by atoms with van der Waals surface area (Å²) in [5, 5.41) is 13.1. The van der Waals surface area contributed by atoms with Gasteiger partial charge in [-0.3, -0.25) is 4.72 Å². The molecule has 2 aromatic heterocycles. The number of aromatic nitrogens is 4. The van der Waals surface area contributed by atoms with Crippen LogP contribution in [0.4, 0.5) is 11.6 Å². The molecule has 0 spiro atoms. The zero-order chi connectivity index (χ0) is 33.2. The van der Waals surface area contributed by atoms with Crippen LogP contribution in [0.15, 0.2) is 65.8 Å². The summed E-state index contributed by atoms with van der Waals surface area (Å²) >= 11 is 1.26. The van der Waals surface area contributed by atoms with E-state index in [2.05, 4.69) is 71.7 Å². The number of aryl methyl sites for hydroxylation is 2. The lowest BCUT2D eigenvalue weighted by Gasteiger charge is -2.47. The minimum Gasteiger partial charge on any atom is -0.478 e. The van der Waals surface area contributed by atoms with Crippen molar-refractivity contribution in [2.75, 3.05) is 29.3 Å². The topological polar surface area (TPSA) is 125 Å². The van der Waals surface area contributed by atoms with Crippen LogP contribution >= 0.6 is 11.9 Å². The van der Waals surface area contributed by atoms with E-state index in [1.54, 1.807) is 18.2 Å². The van der Waals surface area contributed by atoms with E-state index in [0.717, 1.165) is 58.3 Å². The number of hydrogen-bond acceptors (Lipinski definition) is 10. The van der Waals surface area contributed by atoms with Gasteiger partial charge in [-0.2, -0.15) is 4.98 Å². The van der Waals surface area contributed by atoms with Crippen molar-refractivity contribution in [2.45, 2.75) is 71.4 Å². The third-order valence-electron chi connectivity index (χ3n) is 8.90. The van der Waals surface area contributed by atoms with Crippen LogP contribution in [-0.2, 0) is 6.54 Å². The fourth-order valence-corrected chi connectivity index (χ4v) is 6.72. The van der Waals surface area contributed by atoms with Crippen molar-refractivity contribution in [3.63, 3.8) is 0 Å². The fraction of sp³-hybridized carbons (Fsp3) is 0.417. The maximum Gasteiger partial charge on any atom is 0.335 e. The lowest BCUT2D eigenvalue weighted by molar-refractivity contribution is 0.0696. The number of nitrogens with zero attached hydrogens (tertiary/aromatic N) is 5. The SMILES string of the molecule is Cc1cccc(C)c1-c1cc(OCC(CC2(C)CC2)NCc2ncc(N3CC(C)(C)C3)cn2)nc(NSc2cccc(C(=O)O)c2)n1. The van der Waals surface area contributed by atoms with Gasteiger partial charge in [-0.1, -0.05) is 45.0 Å². The van der Waals surface area contributed by atoms with Crippen LogP contribution in [0.1, 0.15) is 67.3 Å². The summed E-state index contributed by atoms with van der Waals surface area (Å²) in [5.41, 5.74) is 5.93. The van der Waals surface area contributed by atoms with E-state index < -0.39 is 5.97 Å². The van der Waals surface area contributed by atoms with Crippen LogP contribution in [-0.4, -0.2) is 56.7 Å². The molecule has 3 heterocycles. The first-order valence-electron chi connectivity index (χ1n) is 16.1. The summed E-state index contributed by atoms with van der Waals surface area (Å²) in [7, 11) is 0. The number of anilines is 2. The van der Waals surface area contributed by atoms with Gasteiger partial charge in [0.05, 0.1) is 35.9 Å². The highest BCUT2D eigenvalue weighted by Gasteiger charge is 2.39. The highest BCUT2D eigenvalue weighted by Crippen LogP contribution is 2.49. The molecular formula is C36H43N7O3S. The first-order valence-corrected chi connectivity index (χ1v) is 16.9. The molecule has 0 bridgehead atoms. The zero-order valence-electron chi connectivity index (χ0n) is 27.7. The van der Waals surface area contributed by atoms with Gasteiger partial charge in [-0.25, -0.2) is 19.7 Å². The maximum atomic E-state index is 11.5. The smallest absolute Gasteiger partial charge is 0.335 e. The van der Waals surface area contributed by atoms with E-state index in [-0.39, 0.29) is 11.6 Å². The second-order valence-electron chi connectivity index (χ2n) is 14.0. The van der Waals surface area contributed by atoms with E-state index in [4.69, 9.17) is 14.7 Å². The van der Waals surface area contributed by atoms with Crippen LogP contribution in [0.25, 0.3) is 11.3 Å². The van der Waals surface area contributed by atoms with Crippen molar-refractivity contribution in [3.05, 3.63) is 83.4 Å². The summed E-state index contributed by atoms with van der Waals surface area (Å²) in [6.45, 7) is 14.0. The van der Waals surface area contributed by atoms with E-state index in [1.165, 1.54) is 24.8 Å². The molecule has 11 heteroatoms. The lowest BCUT2D eigenvalue weighted by atomic mass is 9.84. The molecule has 1 saturated heterocycles. The first-order chi connectivity index (χ1) is 22.5. The molecular weight excluding hydrogens is 611 g/mol. The molecule has 3 N–H and O–H groups in total. The molecule has 1 saturated carbocycles. The Bertz CT molecular complexity index is 1720. The van der Waals surface area contributed by atoms with Gasteiger partial charge in [0.25, 0.3) is 0 Å². The van der Waals surface area contributed by atoms with Gasteiger partial charge in [0, 0.05) is 35.7 Å². The van der Waals surface area contributed by atoms with Crippen molar-refractivity contribution >= 4 is 29.6 Å². The number of carboxylic acids is 1. The van der Waals surface area contributed by atoms with Crippen molar-refractivity contribution in [2.24, 2.45) is 10.8 Å². The third-order valence-corrected chi connectivity index (χ3v) is 9.67. The van der Waals surface area contributed by atoms with Crippen molar-refractivity contribution in [1.82, 2.24) is 25.3 Å². The van der Waals surface area contributed by atoms with E-state index in [9.17, 15) is 9.90 Å². The number of carboxylic acid groups (broad SMARTS) is 1. The van der Waals surface area contributed by atoms with Crippen molar-refractivity contribution < 1.29 is 14.6 Å². The average molecular weight is 654 g/mol. The number of benzene rings is 2. The number of nitrogens with one attached hydrogen (secondary N) is 2. The highest BCUT2D eigenvalue weighted by atomic mass is 32.2. The monoisotopic (exact) mass is 653 g/mol. The molecule has 1 unspecified atom stereocenters. The normalized spacial score (nSPS) is 16.7. The Morgan fingerprint density at radius 1 is 1.02 bits per heavy atom. The quantitative estimate of drug-likeness (QED) is 0.123. The van der Waals surface area contributed by atoms with Crippen LogP contribution < -0.4 is 19.7 Å². The average Bonchev–Trinajstić information content (AvgIpc) is 3.76. The minimum absolute atomic E-state index is 0.0742. The van der Waals surface area contributed by atoms with E-state index in [0.29, 0.717) is 35.8 Å². The first kappa shape index (κ1) is 32.7. The second-order valence-corrected chi connectivity index (χ2v) is 14.9. The minimum atomic E-state index is -0.973. The van der Waals surface area contributed by atoms with Crippen LogP contribution in [0.2, 0.25) is 0 Å². The second kappa shape index (κ2) is 13.5. The number of carbonyl (C=O) groups is 1. The predicted molar refractivity (Wildman–Crippen MR) is 186 cm³/mol. The number of hydrogen-bond donors (Lipinski definition) is 3. The Balaban J connectivity index is 1.17. The van der Waals surface area contributed by atoms with E-state index >= 15 is 0 Å². The largest absolute Gasteiger partial charge is 0.478 e. The summed E-state index contributed by atoms with van der Waals surface area (Å²) in [6, 6.07) is 14.9. The summed E-state index contributed by atoms with van der Waals surface area (Å²) in [6.07, 6.45) is 7.24. The molecule has 2 aliphatic rings. The van der Waals surface area contributed by atoms with Gasteiger partial charge in [0.2, 0.25) is 11.8 Å². The number of ether oxygens (including phenoxy) is 1. The van der Waals surface area contributed by atoms with Gasteiger partial charge >= 0.3 is 5.97 Å². The van der Waals surface area contributed by atoms with Crippen LogP contribution in [0.5, 0.6) is 5.88 Å². The Morgan fingerprint density at radius 3 is 2.38 bits per heavy atom. The molecule has 1 aliphatic heterocycles. The molecule has 0 radical (unpaired) electrons. The number of aromatic carboxylic acids is 1. The molecule has 2 fully saturated rings. The van der Waals surface area contributed by atoms with Gasteiger partial charge in [-0.05, 0) is 85.2 Å². The van der Waals surface area contributed by atoms with Crippen LogP contribution in [0, 0.1) is 24.7 Å². The maximum absolute atomic E-state index is 11.5. The summed E-state index contributed by atoms with van der Waals surface area (Å²) in [5.74, 6) is 0.628. The Morgan fingerprint density at radius 2 is 1.72 bits per heavy atom. The Labute approximate surface area is 280 Å². The van der Waals surface area contributed by atoms with Gasteiger partial charge in [-0.15, -0.1) is 0 Å². The predicted octanol–water partition coefficient (Wildman–Crippen LogP) is 6.94. The molecule has 10 nitrogen and oxygen atoms in total. The van der Waals surface area contributed by atoms with Gasteiger partial charge in [0.1, 0.15) is 12.4 Å². The third kappa shape index (κ3) is 8.39. The van der Waals surface area contributed by atoms with Gasteiger partial charge in [0.15, 0.2) is 0 Å². The molecule has 1 aliphatic carbocycles. The molecule has 6 rings (SSSR count). The lowest BCUT2D eigenvalue weighted by Crippen LogP contribution is -2.53. The number of rotatable bonds is 14. The Hall–Kier alpha value is -4.22. The summed E-state index contributed by atoms with van der Waals surface area (Å²) < 4.78 is 9.63. The molecule has 1 atom stereocenters. The molecule has 2 aromatic carbocycles. The molecule has 47 heavy (non-hydrogen) atoms. The standard InChI is InChI=1S/C36H43N7O3S/c1-23-8-6-9-24(2)32(23)29-15-31(41-34(40-29)42-47-28-11-7-10-25(14-28)33(44)45)46-20-26(16-36(5)12-13-36)37-19-30-38-17-27(18-39-30)43-21-35(3,4)22-43/h6-11,14-15,17-18,26,37H,12-13,16,19-22H2,1-5H3,(H,44,45)(H,40,41,42). The highest BCUT2D eigenvalue weighted by molar-refractivity contribution is 8.00. The molecule has 246 valence electrons. The fourth-order valence-electron chi connectivity index (χ4n) is 6.08. The Kier molecular flexibility index (Phi) is 9.39. The van der Waals surface area contributed by atoms with Gasteiger partial charge < -0.3 is 20.1 Å².